The molecule has 0 unspecified atom stereocenters. The molecule has 0 bridgehead atoms. The number of anilines is 1. The number of carbonyl (C=O) groups excluding carboxylic acids is 1. The summed E-state index contributed by atoms with van der Waals surface area (Å²) >= 11 is 0. The normalized spacial score (nSPS) is 23.4. The van der Waals surface area contributed by atoms with Gasteiger partial charge in [0.25, 0.3) is 0 Å². The van der Waals surface area contributed by atoms with Crippen LogP contribution in [0.5, 0.6) is 0 Å². The average molecular weight is 309 g/mol. The van der Waals surface area contributed by atoms with Gasteiger partial charge in [0.15, 0.2) is 0 Å². The Hall–Kier alpha value is -2.50. The summed E-state index contributed by atoms with van der Waals surface area (Å²) in [5.41, 5.74) is 1.95. The molecule has 2 saturated heterocycles. The van der Waals surface area contributed by atoms with E-state index >= 15 is 0 Å². The highest BCUT2D eigenvalue weighted by molar-refractivity contribution is 5.83. The number of nitrogens with zero attached hydrogens (tertiary/aromatic N) is 5. The summed E-state index contributed by atoms with van der Waals surface area (Å²) in [6.07, 6.45) is 3.49. The molecule has 0 saturated carbocycles. The SMILES string of the molecule is Cc1cccc(CN2C[C@@H]3CN(c4ncccn4)C[C@@H]3C2=O)n1. The highest BCUT2D eigenvalue weighted by atomic mass is 16.2. The number of fused-ring (bicyclic) bond motifs is 1. The fourth-order valence-electron chi connectivity index (χ4n) is 3.59. The minimum absolute atomic E-state index is 0.0589. The van der Waals surface area contributed by atoms with E-state index in [-0.39, 0.29) is 11.8 Å². The molecule has 0 aliphatic carbocycles. The van der Waals surface area contributed by atoms with Crippen molar-refractivity contribution in [1.29, 1.82) is 0 Å². The largest absolute Gasteiger partial charge is 0.340 e. The van der Waals surface area contributed by atoms with E-state index in [2.05, 4.69) is 19.9 Å². The van der Waals surface area contributed by atoms with Gasteiger partial charge in [0, 0.05) is 43.6 Å². The molecule has 4 rings (SSSR count). The Bertz CT molecular complexity index is 720. The van der Waals surface area contributed by atoms with Crippen LogP contribution in [0.25, 0.3) is 0 Å². The number of aromatic nitrogens is 3. The highest BCUT2D eigenvalue weighted by Crippen LogP contribution is 2.34. The number of pyridine rings is 1. The fraction of sp³-hybridized carbons (Fsp3) is 0.412. The van der Waals surface area contributed by atoms with Gasteiger partial charge < -0.3 is 9.80 Å². The lowest BCUT2D eigenvalue weighted by Crippen LogP contribution is -2.33. The summed E-state index contributed by atoms with van der Waals surface area (Å²) in [6, 6.07) is 7.76. The summed E-state index contributed by atoms with van der Waals surface area (Å²) in [6.45, 7) is 4.93. The predicted molar refractivity (Wildman–Crippen MR) is 85.6 cm³/mol. The van der Waals surface area contributed by atoms with Gasteiger partial charge in [0.1, 0.15) is 0 Å². The number of amides is 1. The number of hydrogen-bond acceptors (Lipinski definition) is 5. The number of rotatable bonds is 3. The Kier molecular flexibility index (Phi) is 3.44. The van der Waals surface area contributed by atoms with Crippen LogP contribution >= 0.6 is 0 Å². The van der Waals surface area contributed by atoms with Crippen molar-refractivity contribution in [2.24, 2.45) is 11.8 Å². The molecule has 2 aliphatic rings. The number of aryl methyl sites for hydroxylation is 1. The van der Waals surface area contributed by atoms with Crippen LogP contribution in [0.15, 0.2) is 36.7 Å². The molecule has 2 aromatic heterocycles. The van der Waals surface area contributed by atoms with Crippen LogP contribution in [0, 0.1) is 18.8 Å². The van der Waals surface area contributed by atoms with E-state index < -0.39 is 0 Å². The molecular weight excluding hydrogens is 290 g/mol. The van der Waals surface area contributed by atoms with Gasteiger partial charge in [-0.05, 0) is 25.1 Å². The van der Waals surface area contributed by atoms with Crippen LogP contribution in [0.1, 0.15) is 11.4 Å². The van der Waals surface area contributed by atoms with Crippen LogP contribution in [-0.4, -0.2) is 45.4 Å². The second kappa shape index (κ2) is 5.61. The third kappa shape index (κ3) is 2.65. The molecule has 2 atom stereocenters. The summed E-state index contributed by atoms with van der Waals surface area (Å²) < 4.78 is 0. The van der Waals surface area contributed by atoms with E-state index in [0.717, 1.165) is 30.4 Å². The lowest BCUT2D eigenvalue weighted by atomic mass is 10.0. The van der Waals surface area contributed by atoms with Crippen molar-refractivity contribution in [3.8, 4) is 0 Å². The van der Waals surface area contributed by atoms with Crippen molar-refractivity contribution in [1.82, 2.24) is 19.9 Å². The van der Waals surface area contributed by atoms with Gasteiger partial charge >= 0.3 is 0 Å². The fourth-order valence-corrected chi connectivity index (χ4v) is 3.59. The van der Waals surface area contributed by atoms with E-state index in [9.17, 15) is 4.79 Å². The summed E-state index contributed by atoms with van der Waals surface area (Å²) in [5, 5.41) is 0. The second-order valence-electron chi connectivity index (χ2n) is 6.31. The van der Waals surface area contributed by atoms with Gasteiger partial charge in [-0.3, -0.25) is 9.78 Å². The Morgan fingerprint density at radius 1 is 1.13 bits per heavy atom. The van der Waals surface area contributed by atoms with Gasteiger partial charge in [-0.1, -0.05) is 6.07 Å². The monoisotopic (exact) mass is 309 g/mol. The molecule has 1 amide bonds. The Morgan fingerprint density at radius 2 is 1.96 bits per heavy atom. The number of likely N-dealkylation sites (tertiary alicyclic amines) is 1. The molecule has 0 N–H and O–H groups in total. The zero-order valence-electron chi connectivity index (χ0n) is 13.1. The maximum Gasteiger partial charge on any atom is 0.228 e. The number of hydrogen-bond donors (Lipinski definition) is 0. The molecule has 23 heavy (non-hydrogen) atoms. The first-order chi connectivity index (χ1) is 11.2. The lowest BCUT2D eigenvalue weighted by Gasteiger charge is -2.21. The summed E-state index contributed by atoms with van der Waals surface area (Å²) in [5.74, 6) is 1.37. The Balaban J connectivity index is 1.44. The first kappa shape index (κ1) is 14.1. The van der Waals surface area contributed by atoms with Crippen molar-refractivity contribution in [2.45, 2.75) is 13.5 Å². The molecule has 4 heterocycles. The first-order valence-electron chi connectivity index (χ1n) is 7.94. The van der Waals surface area contributed by atoms with E-state index in [1.165, 1.54) is 0 Å². The first-order valence-corrected chi connectivity index (χ1v) is 7.94. The molecule has 6 nitrogen and oxygen atoms in total. The van der Waals surface area contributed by atoms with Crippen molar-refractivity contribution >= 4 is 11.9 Å². The molecule has 2 fully saturated rings. The third-order valence-electron chi connectivity index (χ3n) is 4.66. The van der Waals surface area contributed by atoms with Gasteiger partial charge in [-0.25, -0.2) is 9.97 Å². The van der Waals surface area contributed by atoms with Crippen LogP contribution in [0.2, 0.25) is 0 Å². The molecule has 118 valence electrons. The van der Waals surface area contributed by atoms with Crippen LogP contribution in [0.4, 0.5) is 5.95 Å². The molecule has 0 aromatic carbocycles. The van der Waals surface area contributed by atoms with E-state index in [1.54, 1.807) is 12.4 Å². The molecule has 2 aromatic rings. The molecular formula is C17H19N5O. The zero-order valence-corrected chi connectivity index (χ0v) is 13.1. The third-order valence-corrected chi connectivity index (χ3v) is 4.66. The molecule has 0 spiro atoms. The standard InChI is InChI=1S/C17H19N5O/c1-12-4-2-5-14(20-12)10-21-8-13-9-22(11-15(13)16(21)23)17-18-6-3-7-19-17/h2-7,13,15H,8-11H2,1H3/t13-,15+/m1/s1. The van der Waals surface area contributed by atoms with Crippen LogP contribution < -0.4 is 4.90 Å². The van der Waals surface area contributed by atoms with Gasteiger partial charge in [-0.2, -0.15) is 0 Å². The summed E-state index contributed by atoms with van der Waals surface area (Å²) in [4.78, 5) is 29.8. The lowest BCUT2D eigenvalue weighted by molar-refractivity contribution is -0.131. The Morgan fingerprint density at radius 3 is 2.70 bits per heavy atom. The molecule has 6 heteroatoms. The quantitative estimate of drug-likeness (QED) is 0.854. The highest BCUT2D eigenvalue weighted by Gasteiger charge is 2.46. The van der Waals surface area contributed by atoms with Crippen molar-refractivity contribution in [3.05, 3.63) is 48.0 Å². The van der Waals surface area contributed by atoms with Crippen molar-refractivity contribution < 1.29 is 4.79 Å². The zero-order chi connectivity index (χ0) is 15.8. The second-order valence-corrected chi connectivity index (χ2v) is 6.31. The van der Waals surface area contributed by atoms with Crippen molar-refractivity contribution in [2.75, 3.05) is 24.5 Å². The van der Waals surface area contributed by atoms with Gasteiger partial charge in [-0.15, -0.1) is 0 Å². The van der Waals surface area contributed by atoms with Crippen LogP contribution in [-0.2, 0) is 11.3 Å². The maximum absolute atomic E-state index is 12.7. The minimum Gasteiger partial charge on any atom is -0.340 e. The molecule has 0 radical (unpaired) electrons. The maximum atomic E-state index is 12.7. The van der Waals surface area contributed by atoms with E-state index in [0.29, 0.717) is 19.0 Å². The Labute approximate surface area is 135 Å². The smallest absolute Gasteiger partial charge is 0.228 e. The van der Waals surface area contributed by atoms with Crippen LogP contribution in [0.3, 0.4) is 0 Å². The van der Waals surface area contributed by atoms with Gasteiger partial charge in [0.2, 0.25) is 11.9 Å². The van der Waals surface area contributed by atoms with Gasteiger partial charge in [0.05, 0.1) is 18.2 Å². The van der Waals surface area contributed by atoms with E-state index in [1.807, 2.05) is 36.1 Å². The van der Waals surface area contributed by atoms with E-state index in [4.69, 9.17) is 0 Å². The predicted octanol–water partition coefficient (Wildman–Crippen LogP) is 1.27. The number of carbonyl (C=O) groups is 1. The summed E-state index contributed by atoms with van der Waals surface area (Å²) in [7, 11) is 0. The van der Waals surface area contributed by atoms with Crippen molar-refractivity contribution in [3.63, 3.8) is 0 Å². The average Bonchev–Trinajstić information content (AvgIpc) is 3.09. The minimum atomic E-state index is 0.0589. The topological polar surface area (TPSA) is 62.2 Å². The molecule has 2 aliphatic heterocycles.